The number of para-hydroxylation sites is 1. The van der Waals surface area contributed by atoms with Gasteiger partial charge < -0.3 is 14.8 Å². The number of benzene rings is 2. The van der Waals surface area contributed by atoms with Crippen LogP contribution in [-0.4, -0.2) is 18.1 Å². The van der Waals surface area contributed by atoms with E-state index in [9.17, 15) is 4.79 Å². The molecule has 0 saturated heterocycles. The van der Waals surface area contributed by atoms with Gasteiger partial charge in [-0.2, -0.15) is 0 Å². The summed E-state index contributed by atoms with van der Waals surface area (Å²) in [6.07, 6.45) is 2.10. The third kappa shape index (κ3) is 3.77. The van der Waals surface area contributed by atoms with Crippen LogP contribution in [0.4, 0.5) is 5.69 Å². The molecular weight excluding hydrogens is 302 g/mol. The molecule has 0 spiro atoms. The zero-order valence-corrected chi connectivity index (χ0v) is 14.1. The zero-order valence-electron chi connectivity index (χ0n) is 14.1. The van der Waals surface area contributed by atoms with E-state index >= 15 is 0 Å². The minimum atomic E-state index is -0.347. The SMILES string of the molecule is CC1=CC(C)(C)Oc2cc(OCC(=O)Nc3ccccc3)ccc21. The van der Waals surface area contributed by atoms with Gasteiger partial charge in [-0.25, -0.2) is 0 Å². The average Bonchev–Trinajstić information content (AvgIpc) is 2.52. The van der Waals surface area contributed by atoms with Gasteiger partial charge in [-0.15, -0.1) is 0 Å². The van der Waals surface area contributed by atoms with E-state index in [2.05, 4.69) is 18.3 Å². The highest BCUT2D eigenvalue weighted by atomic mass is 16.5. The van der Waals surface area contributed by atoms with E-state index in [1.807, 2.05) is 62.4 Å². The molecule has 2 aromatic carbocycles. The van der Waals surface area contributed by atoms with Crippen LogP contribution in [0, 0.1) is 0 Å². The van der Waals surface area contributed by atoms with Crippen LogP contribution in [0.5, 0.6) is 11.5 Å². The smallest absolute Gasteiger partial charge is 0.262 e. The third-order valence-electron chi connectivity index (χ3n) is 3.74. The number of hydrogen-bond acceptors (Lipinski definition) is 3. The van der Waals surface area contributed by atoms with Crippen molar-refractivity contribution in [2.75, 3.05) is 11.9 Å². The van der Waals surface area contributed by atoms with Crippen LogP contribution in [0.1, 0.15) is 26.3 Å². The number of amides is 1. The maximum absolute atomic E-state index is 12.0. The molecule has 0 aliphatic carbocycles. The van der Waals surface area contributed by atoms with E-state index in [4.69, 9.17) is 9.47 Å². The topological polar surface area (TPSA) is 47.6 Å². The number of ether oxygens (including phenoxy) is 2. The molecule has 1 N–H and O–H groups in total. The van der Waals surface area contributed by atoms with Crippen molar-refractivity contribution in [3.8, 4) is 11.5 Å². The Morgan fingerprint density at radius 3 is 2.67 bits per heavy atom. The lowest BCUT2D eigenvalue weighted by atomic mass is 9.96. The van der Waals surface area contributed by atoms with Crippen molar-refractivity contribution in [1.82, 2.24) is 0 Å². The molecule has 1 aliphatic rings. The standard InChI is InChI=1S/C20H21NO3/c1-14-12-20(2,3)24-18-11-16(9-10-17(14)18)23-13-19(22)21-15-7-5-4-6-8-15/h4-12H,13H2,1-3H3,(H,21,22). The highest BCUT2D eigenvalue weighted by Gasteiger charge is 2.25. The van der Waals surface area contributed by atoms with Gasteiger partial charge in [-0.1, -0.05) is 18.2 Å². The molecule has 124 valence electrons. The lowest BCUT2D eigenvalue weighted by Gasteiger charge is -2.30. The van der Waals surface area contributed by atoms with Gasteiger partial charge in [-0.3, -0.25) is 4.79 Å². The van der Waals surface area contributed by atoms with Crippen molar-refractivity contribution in [3.63, 3.8) is 0 Å². The van der Waals surface area contributed by atoms with Crippen molar-refractivity contribution in [1.29, 1.82) is 0 Å². The summed E-state index contributed by atoms with van der Waals surface area (Å²) in [5.74, 6) is 1.19. The second-order valence-corrected chi connectivity index (χ2v) is 6.39. The lowest BCUT2D eigenvalue weighted by Crippen LogP contribution is -2.28. The summed E-state index contributed by atoms with van der Waals surface area (Å²) in [6.45, 7) is 6.05. The van der Waals surface area contributed by atoms with E-state index in [0.717, 1.165) is 17.0 Å². The Balaban J connectivity index is 1.65. The van der Waals surface area contributed by atoms with Crippen LogP contribution < -0.4 is 14.8 Å². The normalized spacial score (nSPS) is 14.9. The van der Waals surface area contributed by atoms with E-state index in [0.29, 0.717) is 5.75 Å². The van der Waals surface area contributed by atoms with Crippen molar-refractivity contribution in [2.24, 2.45) is 0 Å². The maximum Gasteiger partial charge on any atom is 0.262 e. The molecular formula is C20H21NO3. The summed E-state index contributed by atoms with van der Waals surface area (Å²) in [7, 11) is 0. The van der Waals surface area contributed by atoms with E-state index < -0.39 is 0 Å². The molecule has 0 aromatic heterocycles. The highest BCUT2D eigenvalue weighted by Crippen LogP contribution is 2.37. The van der Waals surface area contributed by atoms with Crippen LogP contribution in [0.15, 0.2) is 54.6 Å². The number of allylic oxidation sites excluding steroid dienone is 1. The Hall–Kier alpha value is -2.75. The fourth-order valence-corrected chi connectivity index (χ4v) is 2.78. The summed E-state index contributed by atoms with van der Waals surface area (Å²) < 4.78 is 11.6. The Morgan fingerprint density at radius 2 is 1.92 bits per heavy atom. The predicted octanol–water partition coefficient (Wildman–Crippen LogP) is 4.28. The van der Waals surface area contributed by atoms with Gasteiger partial charge in [0.15, 0.2) is 6.61 Å². The Morgan fingerprint density at radius 1 is 1.17 bits per heavy atom. The van der Waals surface area contributed by atoms with Crippen LogP contribution in [0.3, 0.4) is 0 Å². The van der Waals surface area contributed by atoms with Crippen molar-refractivity contribution >= 4 is 17.2 Å². The zero-order chi connectivity index (χ0) is 17.2. The first-order valence-electron chi connectivity index (χ1n) is 7.93. The van der Waals surface area contributed by atoms with Crippen molar-refractivity contribution in [2.45, 2.75) is 26.4 Å². The third-order valence-corrected chi connectivity index (χ3v) is 3.74. The summed E-state index contributed by atoms with van der Waals surface area (Å²) in [4.78, 5) is 12.0. The fraction of sp³-hybridized carbons (Fsp3) is 0.250. The Labute approximate surface area is 142 Å². The van der Waals surface area contributed by atoms with Crippen LogP contribution >= 0.6 is 0 Å². The van der Waals surface area contributed by atoms with Crippen molar-refractivity contribution in [3.05, 3.63) is 60.2 Å². The molecule has 1 heterocycles. The monoisotopic (exact) mass is 323 g/mol. The van der Waals surface area contributed by atoms with Crippen molar-refractivity contribution < 1.29 is 14.3 Å². The number of hydrogen-bond donors (Lipinski definition) is 1. The number of nitrogens with one attached hydrogen (secondary N) is 1. The number of anilines is 1. The van der Waals surface area contributed by atoms with Crippen LogP contribution in [0.25, 0.3) is 5.57 Å². The molecule has 0 fully saturated rings. The van der Waals surface area contributed by atoms with E-state index in [-0.39, 0.29) is 18.1 Å². The molecule has 3 rings (SSSR count). The first-order chi connectivity index (χ1) is 11.4. The average molecular weight is 323 g/mol. The summed E-state index contributed by atoms with van der Waals surface area (Å²) in [5, 5.41) is 2.79. The molecule has 0 bridgehead atoms. The van der Waals surface area contributed by atoms with Gasteiger partial charge in [0, 0.05) is 17.3 Å². The fourth-order valence-electron chi connectivity index (χ4n) is 2.78. The minimum Gasteiger partial charge on any atom is -0.484 e. The van der Waals surface area contributed by atoms with Gasteiger partial charge in [0.25, 0.3) is 5.91 Å². The second kappa shape index (κ2) is 6.40. The number of carbonyl (C=O) groups is 1. The molecule has 2 aromatic rings. The van der Waals surface area contributed by atoms with Crippen LogP contribution in [0.2, 0.25) is 0 Å². The molecule has 0 unspecified atom stereocenters. The summed E-state index contributed by atoms with van der Waals surface area (Å²) in [5.41, 5.74) is 2.63. The molecule has 4 nitrogen and oxygen atoms in total. The number of carbonyl (C=O) groups excluding carboxylic acids is 1. The van der Waals surface area contributed by atoms with Gasteiger partial charge in [0.05, 0.1) is 0 Å². The number of rotatable bonds is 4. The molecule has 0 radical (unpaired) electrons. The van der Waals surface area contributed by atoms with Gasteiger partial charge in [0.2, 0.25) is 0 Å². The Bertz CT molecular complexity index is 779. The molecule has 0 saturated carbocycles. The predicted molar refractivity (Wildman–Crippen MR) is 95.4 cm³/mol. The van der Waals surface area contributed by atoms with Gasteiger partial charge in [0.1, 0.15) is 17.1 Å². The molecule has 4 heteroatoms. The molecule has 1 amide bonds. The highest BCUT2D eigenvalue weighted by molar-refractivity contribution is 5.91. The van der Waals surface area contributed by atoms with Gasteiger partial charge >= 0.3 is 0 Å². The van der Waals surface area contributed by atoms with Crippen LogP contribution in [-0.2, 0) is 4.79 Å². The van der Waals surface area contributed by atoms with E-state index in [1.54, 1.807) is 0 Å². The first kappa shape index (κ1) is 16.1. The molecule has 1 aliphatic heterocycles. The number of fused-ring (bicyclic) bond motifs is 1. The largest absolute Gasteiger partial charge is 0.484 e. The summed E-state index contributed by atoms with van der Waals surface area (Å²) >= 11 is 0. The first-order valence-corrected chi connectivity index (χ1v) is 7.93. The second-order valence-electron chi connectivity index (χ2n) is 6.39. The lowest BCUT2D eigenvalue weighted by molar-refractivity contribution is -0.118. The van der Waals surface area contributed by atoms with Gasteiger partial charge in [-0.05, 0) is 56.7 Å². The molecule has 0 atom stereocenters. The van der Waals surface area contributed by atoms with E-state index in [1.165, 1.54) is 5.57 Å². The maximum atomic E-state index is 12.0. The Kier molecular flexibility index (Phi) is 4.30. The quantitative estimate of drug-likeness (QED) is 0.913. The minimum absolute atomic E-state index is 0.0497. The molecule has 24 heavy (non-hydrogen) atoms. The summed E-state index contributed by atoms with van der Waals surface area (Å²) in [6, 6.07) is 15.0.